The van der Waals surface area contributed by atoms with Crippen LogP contribution in [0.5, 0.6) is 0 Å². The van der Waals surface area contributed by atoms with Crippen molar-refractivity contribution in [2.45, 2.75) is 25.8 Å². The summed E-state index contributed by atoms with van der Waals surface area (Å²) >= 11 is 5.35. The maximum absolute atomic E-state index is 4.41. The maximum atomic E-state index is 4.41. The molecular weight excluding hydrogens is 310 g/mol. The molecule has 0 aliphatic heterocycles. The molecule has 0 fully saturated rings. The number of nitrogens with one attached hydrogen (secondary N) is 1. The fourth-order valence-electron chi connectivity index (χ4n) is 1.75. The molecule has 96 valence electrons. The first-order valence-corrected chi connectivity index (χ1v) is 7.69. The van der Waals surface area contributed by atoms with Crippen molar-refractivity contribution in [3.63, 3.8) is 0 Å². The van der Waals surface area contributed by atoms with Crippen LogP contribution in [0.4, 0.5) is 0 Å². The molecule has 0 radical (unpaired) electrons. The van der Waals surface area contributed by atoms with Gasteiger partial charge in [0.1, 0.15) is 0 Å². The van der Waals surface area contributed by atoms with Crippen molar-refractivity contribution < 1.29 is 0 Å². The molecule has 0 aliphatic rings. The van der Waals surface area contributed by atoms with E-state index >= 15 is 0 Å². The lowest BCUT2D eigenvalue weighted by atomic mass is 10.1. The summed E-state index contributed by atoms with van der Waals surface area (Å²) < 4.78 is 1.18. The van der Waals surface area contributed by atoms with E-state index in [1.165, 1.54) is 9.35 Å². The standard InChI is InChI=1S/C13H16BrN3S/c1-2-4-16-11(12-9-15-5-6-17-12)8-13-10(14)3-7-18-13/h3,5-7,9,11,16H,2,4,8H2,1H3. The van der Waals surface area contributed by atoms with Gasteiger partial charge in [0, 0.05) is 34.4 Å². The fraction of sp³-hybridized carbons (Fsp3) is 0.385. The summed E-state index contributed by atoms with van der Waals surface area (Å²) in [6.45, 7) is 3.16. The summed E-state index contributed by atoms with van der Waals surface area (Å²) in [6, 6.07) is 2.32. The van der Waals surface area contributed by atoms with E-state index in [1.54, 1.807) is 23.7 Å². The minimum atomic E-state index is 0.230. The number of halogens is 1. The third kappa shape index (κ3) is 3.60. The van der Waals surface area contributed by atoms with E-state index in [1.807, 2.05) is 6.20 Å². The second kappa shape index (κ2) is 6.97. The highest BCUT2D eigenvalue weighted by molar-refractivity contribution is 9.10. The van der Waals surface area contributed by atoms with Crippen LogP contribution < -0.4 is 5.32 Å². The summed E-state index contributed by atoms with van der Waals surface area (Å²) in [4.78, 5) is 9.90. The molecule has 1 atom stereocenters. The van der Waals surface area contributed by atoms with Crippen LogP contribution >= 0.6 is 27.3 Å². The first kappa shape index (κ1) is 13.6. The summed E-state index contributed by atoms with van der Waals surface area (Å²) in [5, 5.41) is 5.64. The third-order valence-electron chi connectivity index (χ3n) is 2.66. The second-order valence-corrected chi connectivity index (χ2v) is 5.89. The molecule has 0 saturated carbocycles. The summed E-state index contributed by atoms with van der Waals surface area (Å²) in [5.74, 6) is 0. The number of hydrogen-bond acceptors (Lipinski definition) is 4. The number of thiophene rings is 1. The predicted molar refractivity (Wildman–Crippen MR) is 78.8 cm³/mol. The van der Waals surface area contributed by atoms with Gasteiger partial charge in [0.2, 0.25) is 0 Å². The highest BCUT2D eigenvalue weighted by Gasteiger charge is 2.15. The Bertz CT molecular complexity index is 472. The molecule has 2 aromatic heterocycles. The van der Waals surface area contributed by atoms with Crippen LogP contribution in [0.1, 0.15) is 30.0 Å². The number of nitrogens with zero attached hydrogens (tertiary/aromatic N) is 2. The minimum Gasteiger partial charge on any atom is -0.308 e. The van der Waals surface area contributed by atoms with E-state index in [2.05, 4.69) is 49.6 Å². The third-order valence-corrected chi connectivity index (χ3v) is 4.61. The zero-order chi connectivity index (χ0) is 12.8. The first-order chi connectivity index (χ1) is 8.81. The van der Waals surface area contributed by atoms with E-state index in [0.29, 0.717) is 0 Å². The van der Waals surface area contributed by atoms with Crippen LogP contribution in [0.25, 0.3) is 0 Å². The van der Waals surface area contributed by atoms with Crippen LogP contribution in [0.3, 0.4) is 0 Å². The van der Waals surface area contributed by atoms with Gasteiger partial charge in [0.05, 0.1) is 11.7 Å². The monoisotopic (exact) mass is 325 g/mol. The summed E-state index contributed by atoms with van der Waals surface area (Å²) in [7, 11) is 0. The molecule has 0 amide bonds. The maximum Gasteiger partial charge on any atom is 0.0759 e. The largest absolute Gasteiger partial charge is 0.308 e. The van der Waals surface area contributed by atoms with Gasteiger partial charge in [0.25, 0.3) is 0 Å². The number of aromatic nitrogens is 2. The van der Waals surface area contributed by atoms with Crippen LogP contribution in [0, 0.1) is 0 Å². The molecule has 2 heterocycles. The lowest BCUT2D eigenvalue weighted by Crippen LogP contribution is -2.24. The topological polar surface area (TPSA) is 37.8 Å². The Morgan fingerprint density at radius 3 is 2.94 bits per heavy atom. The predicted octanol–water partition coefficient (Wildman–Crippen LogP) is 3.58. The highest BCUT2D eigenvalue weighted by Crippen LogP contribution is 2.27. The SMILES string of the molecule is CCCNC(Cc1sccc1Br)c1cnccn1. The van der Waals surface area contributed by atoms with Gasteiger partial charge in [0.15, 0.2) is 0 Å². The Balaban J connectivity index is 2.13. The van der Waals surface area contributed by atoms with E-state index in [4.69, 9.17) is 0 Å². The van der Waals surface area contributed by atoms with E-state index in [0.717, 1.165) is 25.1 Å². The lowest BCUT2D eigenvalue weighted by molar-refractivity contribution is 0.518. The average Bonchev–Trinajstić information content (AvgIpc) is 2.81. The molecule has 0 spiro atoms. The molecule has 2 aromatic rings. The van der Waals surface area contributed by atoms with Gasteiger partial charge in [-0.1, -0.05) is 6.92 Å². The second-order valence-electron chi connectivity index (χ2n) is 4.03. The Labute approximate surface area is 120 Å². The Morgan fingerprint density at radius 1 is 1.44 bits per heavy atom. The molecule has 2 rings (SSSR count). The fourth-order valence-corrected chi connectivity index (χ4v) is 3.31. The van der Waals surface area contributed by atoms with Crippen molar-refractivity contribution in [1.82, 2.24) is 15.3 Å². The smallest absolute Gasteiger partial charge is 0.0759 e. The van der Waals surface area contributed by atoms with Crippen molar-refractivity contribution in [3.8, 4) is 0 Å². The molecule has 0 bridgehead atoms. The van der Waals surface area contributed by atoms with Crippen molar-refractivity contribution in [2.24, 2.45) is 0 Å². The first-order valence-electron chi connectivity index (χ1n) is 6.02. The van der Waals surface area contributed by atoms with Crippen molar-refractivity contribution >= 4 is 27.3 Å². The van der Waals surface area contributed by atoms with E-state index < -0.39 is 0 Å². The van der Waals surface area contributed by atoms with Crippen molar-refractivity contribution in [2.75, 3.05) is 6.54 Å². The Kier molecular flexibility index (Phi) is 5.28. The zero-order valence-electron chi connectivity index (χ0n) is 10.3. The quantitative estimate of drug-likeness (QED) is 0.882. The minimum absolute atomic E-state index is 0.230. The van der Waals surface area contributed by atoms with Gasteiger partial charge in [-0.3, -0.25) is 9.97 Å². The van der Waals surface area contributed by atoms with Crippen LogP contribution in [-0.2, 0) is 6.42 Å². The number of rotatable bonds is 6. The molecule has 0 aromatic carbocycles. The van der Waals surface area contributed by atoms with Gasteiger partial charge < -0.3 is 5.32 Å². The van der Waals surface area contributed by atoms with Gasteiger partial charge in [-0.15, -0.1) is 11.3 Å². The molecule has 1 N–H and O–H groups in total. The Hall–Kier alpha value is -0.780. The van der Waals surface area contributed by atoms with Gasteiger partial charge in [-0.05, 0) is 40.3 Å². The average molecular weight is 326 g/mol. The van der Waals surface area contributed by atoms with Crippen molar-refractivity contribution in [3.05, 3.63) is 45.1 Å². The van der Waals surface area contributed by atoms with Crippen LogP contribution in [0.15, 0.2) is 34.5 Å². The van der Waals surface area contributed by atoms with Gasteiger partial charge >= 0.3 is 0 Å². The molecular formula is C13H16BrN3S. The molecule has 0 aliphatic carbocycles. The summed E-state index contributed by atoms with van der Waals surface area (Å²) in [5.41, 5.74) is 1.01. The van der Waals surface area contributed by atoms with E-state index in [9.17, 15) is 0 Å². The molecule has 3 nitrogen and oxygen atoms in total. The van der Waals surface area contributed by atoms with Gasteiger partial charge in [-0.25, -0.2) is 0 Å². The van der Waals surface area contributed by atoms with Gasteiger partial charge in [-0.2, -0.15) is 0 Å². The number of hydrogen-bond donors (Lipinski definition) is 1. The molecule has 0 saturated heterocycles. The summed E-state index contributed by atoms with van der Waals surface area (Å²) in [6.07, 6.45) is 7.36. The molecule has 5 heteroatoms. The van der Waals surface area contributed by atoms with E-state index in [-0.39, 0.29) is 6.04 Å². The lowest BCUT2D eigenvalue weighted by Gasteiger charge is -2.17. The van der Waals surface area contributed by atoms with Crippen LogP contribution in [-0.4, -0.2) is 16.5 Å². The molecule has 1 unspecified atom stereocenters. The normalized spacial score (nSPS) is 12.6. The molecule has 18 heavy (non-hydrogen) atoms. The van der Waals surface area contributed by atoms with Crippen molar-refractivity contribution in [1.29, 1.82) is 0 Å². The van der Waals surface area contributed by atoms with Crippen LogP contribution in [0.2, 0.25) is 0 Å². The Morgan fingerprint density at radius 2 is 2.33 bits per heavy atom. The zero-order valence-corrected chi connectivity index (χ0v) is 12.7. The highest BCUT2D eigenvalue weighted by atomic mass is 79.9.